The number of carbonyl (C=O) groups is 1. The van der Waals surface area contributed by atoms with Crippen LogP contribution in [0.4, 0.5) is 0 Å². The Balaban J connectivity index is 1.63. The Kier molecular flexibility index (Phi) is 4.26. The Labute approximate surface area is 155 Å². The van der Waals surface area contributed by atoms with Crippen LogP contribution in [-0.2, 0) is 6.54 Å². The number of aromatic nitrogens is 3. The van der Waals surface area contributed by atoms with E-state index in [9.17, 15) is 4.79 Å². The van der Waals surface area contributed by atoms with Crippen molar-refractivity contribution in [3.8, 4) is 5.69 Å². The molecule has 1 N–H and O–H groups in total. The Morgan fingerprint density at radius 1 is 1.19 bits per heavy atom. The minimum atomic E-state index is -0.0785. The number of rotatable bonds is 4. The maximum Gasteiger partial charge on any atom is 0.261 e. The van der Waals surface area contributed by atoms with Crippen molar-refractivity contribution in [1.82, 2.24) is 20.1 Å². The van der Waals surface area contributed by atoms with E-state index in [2.05, 4.69) is 34.5 Å². The van der Waals surface area contributed by atoms with Crippen LogP contribution in [0.1, 0.15) is 26.5 Å². The quantitative estimate of drug-likeness (QED) is 0.596. The van der Waals surface area contributed by atoms with E-state index in [1.54, 1.807) is 12.4 Å². The molecule has 3 aromatic heterocycles. The lowest BCUT2D eigenvalue weighted by molar-refractivity contribution is 0.0955. The molecule has 6 heteroatoms. The van der Waals surface area contributed by atoms with Crippen LogP contribution in [0.25, 0.3) is 15.9 Å². The normalized spacial score (nSPS) is 11.0. The van der Waals surface area contributed by atoms with Crippen molar-refractivity contribution in [1.29, 1.82) is 0 Å². The number of aryl methyl sites for hydroxylation is 2. The average molecular weight is 362 g/mol. The number of hydrogen-bond donors (Lipinski definition) is 1. The van der Waals surface area contributed by atoms with Crippen LogP contribution in [-0.4, -0.2) is 20.7 Å². The maximum absolute atomic E-state index is 12.5. The molecule has 0 atom stereocenters. The van der Waals surface area contributed by atoms with E-state index in [4.69, 9.17) is 0 Å². The van der Waals surface area contributed by atoms with Crippen molar-refractivity contribution < 1.29 is 4.79 Å². The lowest BCUT2D eigenvalue weighted by Crippen LogP contribution is -2.21. The molecule has 0 spiro atoms. The summed E-state index contributed by atoms with van der Waals surface area (Å²) in [6.07, 6.45) is 3.47. The highest BCUT2D eigenvalue weighted by atomic mass is 32.1. The van der Waals surface area contributed by atoms with Gasteiger partial charge >= 0.3 is 0 Å². The van der Waals surface area contributed by atoms with Crippen LogP contribution in [0.3, 0.4) is 0 Å². The molecule has 0 aliphatic carbocycles. The highest BCUT2D eigenvalue weighted by Gasteiger charge is 2.17. The van der Waals surface area contributed by atoms with E-state index in [-0.39, 0.29) is 5.91 Å². The van der Waals surface area contributed by atoms with E-state index < -0.39 is 0 Å². The second-order valence-electron chi connectivity index (χ2n) is 6.21. The van der Waals surface area contributed by atoms with Gasteiger partial charge in [0.1, 0.15) is 4.83 Å². The zero-order valence-corrected chi connectivity index (χ0v) is 15.4. The highest BCUT2D eigenvalue weighted by Crippen LogP contribution is 2.30. The summed E-state index contributed by atoms with van der Waals surface area (Å²) in [6.45, 7) is 4.49. The second kappa shape index (κ2) is 6.72. The molecule has 5 nitrogen and oxygen atoms in total. The molecule has 1 aromatic carbocycles. The minimum Gasteiger partial charge on any atom is -0.347 e. The molecule has 3 heterocycles. The van der Waals surface area contributed by atoms with Gasteiger partial charge in [-0.15, -0.1) is 11.3 Å². The molecule has 0 aliphatic heterocycles. The molecule has 0 unspecified atom stereocenters. The van der Waals surface area contributed by atoms with Gasteiger partial charge in [-0.05, 0) is 49.2 Å². The van der Waals surface area contributed by atoms with Gasteiger partial charge in [0, 0.05) is 24.3 Å². The minimum absolute atomic E-state index is 0.0785. The van der Waals surface area contributed by atoms with Crippen LogP contribution in [0.2, 0.25) is 0 Å². The largest absolute Gasteiger partial charge is 0.347 e. The van der Waals surface area contributed by atoms with E-state index in [1.165, 1.54) is 16.9 Å². The molecule has 130 valence electrons. The maximum atomic E-state index is 12.5. The first kappa shape index (κ1) is 16.5. The fourth-order valence-corrected chi connectivity index (χ4v) is 3.97. The number of fused-ring (bicyclic) bond motifs is 1. The van der Waals surface area contributed by atoms with Crippen molar-refractivity contribution in [3.63, 3.8) is 0 Å². The first-order valence-electron chi connectivity index (χ1n) is 8.35. The smallest absolute Gasteiger partial charge is 0.261 e. The molecule has 0 saturated heterocycles. The first-order valence-corrected chi connectivity index (χ1v) is 9.17. The van der Waals surface area contributed by atoms with E-state index in [0.29, 0.717) is 11.4 Å². The lowest BCUT2D eigenvalue weighted by Gasteiger charge is -2.04. The number of pyridine rings is 1. The molecular formula is C20H18N4OS. The van der Waals surface area contributed by atoms with Crippen LogP contribution in [0.15, 0.2) is 54.9 Å². The zero-order valence-electron chi connectivity index (χ0n) is 14.6. The molecule has 4 aromatic rings. The van der Waals surface area contributed by atoms with Crippen molar-refractivity contribution in [2.45, 2.75) is 20.4 Å². The van der Waals surface area contributed by atoms with E-state index in [0.717, 1.165) is 27.2 Å². The van der Waals surface area contributed by atoms with Gasteiger partial charge in [-0.2, -0.15) is 5.10 Å². The van der Waals surface area contributed by atoms with E-state index in [1.807, 2.05) is 41.9 Å². The van der Waals surface area contributed by atoms with Gasteiger partial charge in [-0.25, -0.2) is 4.68 Å². The Morgan fingerprint density at radius 2 is 2.08 bits per heavy atom. The molecular weight excluding hydrogens is 344 g/mol. The van der Waals surface area contributed by atoms with Gasteiger partial charge in [0.2, 0.25) is 0 Å². The third-order valence-electron chi connectivity index (χ3n) is 4.19. The molecule has 0 aliphatic rings. The van der Waals surface area contributed by atoms with Gasteiger partial charge in [0.05, 0.1) is 16.3 Å². The molecule has 26 heavy (non-hydrogen) atoms. The third-order valence-corrected chi connectivity index (χ3v) is 5.30. The van der Waals surface area contributed by atoms with Gasteiger partial charge in [-0.3, -0.25) is 9.78 Å². The highest BCUT2D eigenvalue weighted by molar-refractivity contribution is 7.20. The summed E-state index contributed by atoms with van der Waals surface area (Å²) in [5.74, 6) is -0.0785. The Morgan fingerprint density at radius 3 is 2.85 bits per heavy atom. The molecule has 0 fully saturated rings. The van der Waals surface area contributed by atoms with Gasteiger partial charge in [-0.1, -0.05) is 18.2 Å². The number of carbonyl (C=O) groups excluding carboxylic acids is 1. The van der Waals surface area contributed by atoms with Gasteiger partial charge < -0.3 is 5.32 Å². The summed E-state index contributed by atoms with van der Waals surface area (Å²) in [5.41, 5.74) is 4.08. The molecule has 4 rings (SSSR count). The van der Waals surface area contributed by atoms with Crippen molar-refractivity contribution in [2.75, 3.05) is 0 Å². The molecule has 0 saturated carbocycles. The van der Waals surface area contributed by atoms with Gasteiger partial charge in [0.25, 0.3) is 5.91 Å². The Bertz CT molecular complexity index is 1080. The van der Waals surface area contributed by atoms with E-state index >= 15 is 0 Å². The van der Waals surface area contributed by atoms with Crippen LogP contribution in [0.5, 0.6) is 0 Å². The number of nitrogens with one attached hydrogen (secondary N) is 1. The van der Waals surface area contributed by atoms with Crippen LogP contribution >= 0.6 is 11.3 Å². The SMILES string of the molecule is Cc1cccc(-n2nc(C)c3cc(C(=O)NCc4cccnc4)sc32)c1. The fourth-order valence-electron chi connectivity index (χ4n) is 2.87. The predicted octanol–water partition coefficient (Wildman–Crippen LogP) is 4.03. The number of benzene rings is 1. The summed E-state index contributed by atoms with van der Waals surface area (Å²) < 4.78 is 1.92. The predicted molar refractivity (Wildman–Crippen MR) is 104 cm³/mol. The third kappa shape index (κ3) is 3.11. The average Bonchev–Trinajstić information content (AvgIpc) is 3.21. The van der Waals surface area contributed by atoms with Crippen molar-refractivity contribution in [3.05, 3.63) is 76.6 Å². The number of thiophene rings is 1. The summed E-state index contributed by atoms with van der Waals surface area (Å²) in [6, 6.07) is 13.9. The first-order chi connectivity index (χ1) is 12.6. The number of hydrogen-bond acceptors (Lipinski definition) is 4. The topological polar surface area (TPSA) is 59.8 Å². The standard InChI is InChI=1S/C20H18N4OS/c1-13-5-3-7-16(9-13)24-20-17(14(2)23-24)10-18(26-20)19(25)22-12-15-6-4-8-21-11-15/h3-11H,12H2,1-2H3,(H,22,25). The van der Waals surface area contributed by atoms with Crippen molar-refractivity contribution >= 4 is 27.5 Å². The van der Waals surface area contributed by atoms with Crippen LogP contribution in [0, 0.1) is 13.8 Å². The Hall–Kier alpha value is -2.99. The molecule has 0 bridgehead atoms. The monoisotopic (exact) mass is 362 g/mol. The summed E-state index contributed by atoms with van der Waals surface area (Å²) in [4.78, 5) is 18.3. The second-order valence-corrected chi connectivity index (χ2v) is 7.24. The molecule has 0 radical (unpaired) electrons. The summed E-state index contributed by atoms with van der Waals surface area (Å²) in [5, 5.41) is 8.61. The van der Waals surface area contributed by atoms with Crippen molar-refractivity contribution in [2.24, 2.45) is 0 Å². The molecule has 1 amide bonds. The number of nitrogens with zero attached hydrogens (tertiary/aromatic N) is 3. The lowest BCUT2D eigenvalue weighted by atomic mass is 10.2. The summed E-state index contributed by atoms with van der Waals surface area (Å²) in [7, 11) is 0. The van der Waals surface area contributed by atoms with Gasteiger partial charge in [0.15, 0.2) is 0 Å². The fraction of sp³-hybridized carbons (Fsp3) is 0.150. The zero-order chi connectivity index (χ0) is 18.1. The number of amides is 1. The van der Waals surface area contributed by atoms with Crippen LogP contribution < -0.4 is 5.32 Å². The summed E-state index contributed by atoms with van der Waals surface area (Å²) >= 11 is 1.46.